The minimum Gasteiger partial charge on any atom is -0.460 e. The molecule has 0 spiro atoms. The van der Waals surface area contributed by atoms with Crippen LogP contribution in [0, 0.1) is 10.1 Å². The molecule has 0 aliphatic heterocycles. The van der Waals surface area contributed by atoms with Gasteiger partial charge in [-0.3, -0.25) is 10.1 Å². The van der Waals surface area contributed by atoms with Crippen molar-refractivity contribution in [1.29, 1.82) is 0 Å². The van der Waals surface area contributed by atoms with Gasteiger partial charge in [0.2, 0.25) is 0 Å². The molecule has 0 aliphatic carbocycles. The van der Waals surface area contributed by atoms with Gasteiger partial charge in [-0.25, -0.2) is 0 Å². The molecule has 21 heavy (non-hydrogen) atoms. The molecular formula is C10H10F3N3O5. The van der Waals surface area contributed by atoms with Gasteiger partial charge < -0.3 is 20.4 Å². The van der Waals surface area contributed by atoms with Gasteiger partial charge in [0.1, 0.15) is 6.61 Å². The number of hydrogen-bond donors (Lipinski definition) is 2. The first-order valence-electron chi connectivity index (χ1n) is 5.28. The van der Waals surface area contributed by atoms with E-state index in [1.807, 2.05) is 0 Å². The van der Waals surface area contributed by atoms with E-state index in [0.717, 1.165) is 12.1 Å². The number of amidine groups is 1. The molecule has 0 saturated carbocycles. The summed E-state index contributed by atoms with van der Waals surface area (Å²) >= 11 is 0. The van der Waals surface area contributed by atoms with E-state index in [2.05, 4.69) is 9.89 Å². The molecule has 0 radical (unpaired) electrons. The lowest BCUT2D eigenvalue weighted by atomic mass is 10.2. The highest BCUT2D eigenvalue weighted by atomic mass is 19.4. The van der Waals surface area contributed by atoms with Crippen molar-refractivity contribution in [3.63, 3.8) is 0 Å². The first-order valence-corrected chi connectivity index (χ1v) is 5.28. The van der Waals surface area contributed by atoms with Crippen molar-refractivity contribution in [3.05, 3.63) is 33.9 Å². The van der Waals surface area contributed by atoms with E-state index in [1.165, 1.54) is 6.07 Å². The van der Waals surface area contributed by atoms with E-state index in [-0.39, 0.29) is 17.1 Å². The first kappa shape index (κ1) is 16.5. The fraction of sp³-hybridized carbons (Fsp3) is 0.300. The normalized spacial score (nSPS) is 12.2. The molecule has 0 heterocycles. The van der Waals surface area contributed by atoms with Crippen LogP contribution in [0.5, 0.6) is 5.75 Å². The van der Waals surface area contributed by atoms with Gasteiger partial charge in [-0.1, -0.05) is 5.16 Å². The lowest BCUT2D eigenvalue weighted by Crippen LogP contribution is -2.19. The highest BCUT2D eigenvalue weighted by molar-refractivity contribution is 5.97. The minimum atomic E-state index is -4.52. The summed E-state index contributed by atoms with van der Waals surface area (Å²) in [6.45, 7) is -2.35. The van der Waals surface area contributed by atoms with Crippen LogP contribution >= 0.6 is 0 Å². The van der Waals surface area contributed by atoms with Crippen LogP contribution in [0.1, 0.15) is 5.56 Å². The predicted octanol–water partition coefficient (Wildman–Crippen LogP) is 1.60. The topological polar surface area (TPSA) is 120 Å². The maximum atomic E-state index is 11.8. The molecule has 0 aliphatic rings. The summed E-state index contributed by atoms with van der Waals surface area (Å²) in [5, 5.41) is 22.0. The van der Waals surface area contributed by atoms with Crippen molar-refractivity contribution in [2.45, 2.75) is 6.18 Å². The molecule has 1 aromatic carbocycles. The molecule has 0 atom stereocenters. The SMILES string of the molecule is N/C(=N/O)c1ccc(OCOCC(F)(F)F)c([N+](=O)[O-])c1. The number of halogens is 3. The third kappa shape index (κ3) is 5.14. The molecule has 1 rings (SSSR count). The number of nitro benzene ring substituents is 1. The Hall–Kier alpha value is -2.56. The maximum absolute atomic E-state index is 11.8. The van der Waals surface area contributed by atoms with Gasteiger partial charge in [0.15, 0.2) is 18.4 Å². The van der Waals surface area contributed by atoms with E-state index in [0.29, 0.717) is 0 Å². The fourth-order valence-corrected chi connectivity index (χ4v) is 1.26. The fourth-order valence-electron chi connectivity index (χ4n) is 1.26. The van der Waals surface area contributed by atoms with Crippen molar-refractivity contribution in [2.24, 2.45) is 10.9 Å². The third-order valence-corrected chi connectivity index (χ3v) is 2.12. The Labute approximate surface area is 115 Å². The summed E-state index contributed by atoms with van der Waals surface area (Å²) < 4.78 is 44.4. The van der Waals surface area contributed by atoms with Gasteiger partial charge >= 0.3 is 11.9 Å². The number of nitrogens with zero attached hydrogens (tertiary/aromatic N) is 2. The van der Waals surface area contributed by atoms with Gasteiger partial charge in [-0.05, 0) is 12.1 Å². The average molecular weight is 309 g/mol. The molecule has 0 amide bonds. The van der Waals surface area contributed by atoms with Crippen molar-refractivity contribution in [3.8, 4) is 5.75 Å². The van der Waals surface area contributed by atoms with Crippen molar-refractivity contribution < 1.29 is 32.8 Å². The molecule has 0 saturated heterocycles. The average Bonchev–Trinajstić information content (AvgIpc) is 2.41. The number of benzene rings is 1. The summed E-state index contributed by atoms with van der Waals surface area (Å²) in [7, 11) is 0. The third-order valence-electron chi connectivity index (χ3n) is 2.12. The summed E-state index contributed by atoms with van der Waals surface area (Å²) in [6.07, 6.45) is -4.52. The second-order valence-electron chi connectivity index (χ2n) is 3.65. The lowest BCUT2D eigenvalue weighted by molar-refractivity contribution is -0.386. The molecule has 8 nitrogen and oxygen atoms in total. The Morgan fingerprint density at radius 2 is 2.14 bits per heavy atom. The molecule has 1 aromatic rings. The van der Waals surface area contributed by atoms with E-state index < -0.39 is 30.2 Å². The number of nitrogens with two attached hydrogens (primary N) is 1. The minimum absolute atomic E-state index is 0.0489. The van der Waals surface area contributed by atoms with Crippen molar-refractivity contribution in [2.75, 3.05) is 13.4 Å². The Kier molecular flexibility index (Phi) is 5.30. The smallest absolute Gasteiger partial charge is 0.411 e. The maximum Gasteiger partial charge on any atom is 0.411 e. The van der Waals surface area contributed by atoms with Crippen LogP contribution in [0.4, 0.5) is 18.9 Å². The first-order chi connectivity index (χ1) is 9.74. The molecule has 0 aromatic heterocycles. The van der Waals surface area contributed by atoms with Crippen LogP contribution in [0.3, 0.4) is 0 Å². The summed E-state index contributed by atoms with van der Waals surface area (Å²) in [4.78, 5) is 10.0. The second kappa shape index (κ2) is 6.74. The van der Waals surface area contributed by atoms with Crippen LogP contribution in [-0.2, 0) is 4.74 Å². The molecule has 116 valence electrons. The van der Waals surface area contributed by atoms with E-state index >= 15 is 0 Å². The number of oxime groups is 1. The molecule has 0 bridgehead atoms. The van der Waals surface area contributed by atoms with Gasteiger partial charge in [0, 0.05) is 11.6 Å². The van der Waals surface area contributed by atoms with Crippen molar-refractivity contribution >= 4 is 11.5 Å². The zero-order chi connectivity index (χ0) is 16.0. The van der Waals surface area contributed by atoms with E-state index in [4.69, 9.17) is 15.7 Å². The number of hydrogen-bond acceptors (Lipinski definition) is 6. The Morgan fingerprint density at radius 1 is 1.48 bits per heavy atom. The van der Waals surface area contributed by atoms with Gasteiger partial charge in [0.05, 0.1) is 4.92 Å². The number of alkyl halides is 3. The molecule has 0 fully saturated rings. The van der Waals surface area contributed by atoms with Crippen LogP contribution in [0.2, 0.25) is 0 Å². The van der Waals surface area contributed by atoms with E-state index in [1.54, 1.807) is 0 Å². The van der Waals surface area contributed by atoms with Gasteiger partial charge in [0.25, 0.3) is 0 Å². The predicted molar refractivity (Wildman–Crippen MR) is 63.1 cm³/mol. The lowest BCUT2D eigenvalue weighted by Gasteiger charge is -2.10. The number of ether oxygens (including phenoxy) is 2. The number of nitro groups is 1. The van der Waals surface area contributed by atoms with Crippen molar-refractivity contribution in [1.82, 2.24) is 0 Å². The second-order valence-corrected chi connectivity index (χ2v) is 3.65. The van der Waals surface area contributed by atoms with Crippen LogP contribution < -0.4 is 10.5 Å². The Morgan fingerprint density at radius 3 is 2.67 bits per heavy atom. The highest BCUT2D eigenvalue weighted by Gasteiger charge is 2.27. The zero-order valence-corrected chi connectivity index (χ0v) is 10.3. The molecular weight excluding hydrogens is 299 g/mol. The largest absolute Gasteiger partial charge is 0.460 e. The zero-order valence-electron chi connectivity index (χ0n) is 10.3. The summed E-state index contributed by atoms with van der Waals surface area (Å²) in [5.41, 5.74) is 4.76. The van der Waals surface area contributed by atoms with Crippen LogP contribution in [-0.4, -0.2) is 35.5 Å². The van der Waals surface area contributed by atoms with Crippen LogP contribution in [0.25, 0.3) is 0 Å². The molecule has 3 N–H and O–H groups in total. The quantitative estimate of drug-likeness (QED) is 0.157. The Bertz CT molecular complexity index is 547. The van der Waals surface area contributed by atoms with Crippen LogP contribution in [0.15, 0.2) is 23.4 Å². The standard InChI is InChI=1S/C10H10F3N3O5/c11-10(12,13)4-20-5-21-8-2-1-6(9(14)15-17)3-7(8)16(18)19/h1-3,17H,4-5H2,(H2,14,15). The van der Waals surface area contributed by atoms with E-state index in [9.17, 15) is 23.3 Å². The molecule has 0 unspecified atom stereocenters. The summed E-state index contributed by atoms with van der Waals surface area (Å²) in [5.74, 6) is -0.672. The Balaban J connectivity index is 2.80. The van der Waals surface area contributed by atoms with Gasteiger partial charge in [-0.2, -0.15) is 13.2 Å². The summed E-state index contributed by atoms with van der Waals surface area (Å²) in [6, 6.07) is 3.29. The highest BCUT2D eigenvalue weighted by Crippen LogP contribution is 2.28. The monoisotopic (exact) mass is 309 g/mol. The molecule has 11 heteroatoms. The van der Waals surface area contributed by atoms with Gasteiger partial charge in [-0.15, -0.1) is 0 Å². The number of rotatable bonds is 6.